The van der Waals surface area contributed by atoms with Gasteiger partial charge in [-0.05, 0) is 35.9 Å². The maximum absolute atomic E-state index is 12.7. The number of anilines is 1. The largest absolute Gasteiger partial charge is 0.493 e. The molecule has 4 rings (SSSR count). The minimum absolute atomic E-state index is 0.0878. The van der Waals surface area contributed by atoms with Crippen LogP contribution in [0.1, 0.15) is 26.3 Å². The lowest BCUT2D eigenvalue weighted by Gasteiger charge is -2.13. The highest BCUT2D eigenvalue weighted by atomic mass is 79.9. The zero-order valence-electron chi connectivity index (χ0n) is 17.1. The van der Waals surface area contributed by atoms with Gasteiger partial charge in [0.15, 0.2) is 29.7 Å². The Kier molecular flexibility index (Phi) is 6.18. The number of carbonyl (C=O) groups excluding carboxylic acids is 3. The van der Waals surface area contributed by atoms with Crippen LogP contribution in [0, 0.1) is 0 Å². The number of para-hydroxylation sites is 1. The second-order valence-electron chi connectivity index (χ2n) is 6.99. The summed E-state index contributed by atoms with van der Waals surface area (Å²) in [5.74, 6) is -0.232. The summed E-state index contributed by atoms with van der Waals surface area (Å²) in [5.41, 5.74) is 2.13. The molecule has 0 unspecified atom stereocenters. The van der Waals surface area contributed by atoms with Gasteiger partial charge < -0.3 is 14.8 Å². The number of ether oxygens (including phenoxy) is 2. The van der Waals surface area contributed by atoms with Crippen molar-refractivity contribution in [3.63, 3.8) is 0 Å². The third kappa shape index (κ3) is 4.33. The van der Waals surface area contributed by atoms with Crippen molar-refractivity contribution in [2.75, 3.05) is 19.0 Å². The molecule has 0 bridgehead atoms. The van der Waals surface area contributed by atoms with Crippen LogP contribution in [0.2, 0.25) is 0 Å². The first-order chi connectivity index (χ1) is 15.5. The molecule has 0 aromatic heterocycles. The summed E-state index contributed by atoms with van der Waals surface area (Å²) in [4.78, 5) is 37.5. The summed E-state index contributed by atoms with van der Waals surface area (Å²) in [6.07, 6.45) is 1.53. The van der Waals surface area contributed by atoms with Crippen LogP contribution in [0.4, 0.5) is 5.69 Å². The third-order valence-electron chi connectivity index (χ3n) is 4.90. The molecule has 1 N–H and O–H groups in total. The summed E-state index contributed by atoms with van der Waals surface area (Å²) in [6.45, 7) is -0.218. The second kappa shape index (κ2) is 9.20. The maximum atomic E-state index is 12.7. The van der Waals surface area contributed by atoms with Crippen LogP contribution in [0.15, 0.2) is 76.8 Å². The highest BCUT2D eigenvalue weighted by Crippen LogP contribution is 2.36. The van der Waals surface area contributed by atoms with Crippen LogP contribution in [-0.2, 0) is 4.79 Å². The minimum Gasteiger partial charge on any atom is -0.493 e. The predicted octanol–water partition coefficient (Wildman–Crippen LogP) is 4.94. The lowest BCUT2D eigenvalue weighted by atomic mass is 10.1. The Hall–Kier alpha value is -3.71. The average molecular weight is 492 g/mol. The molecule has 0 saturated heterocycles. The molecule has 160 valence electrons. The number of amides is 1. The number of nitrogens with one attached hydrogen (secondary N) is 1. The van der Waals surface area contributed by atoms with E-state index in [0.717, 1.165) is 0 Å². The maximum Gasteiger partial charge on any atom is 0.262 e. The number of hydrogen-bond donors (Lipinski definition) is 1. The quantitative estimate of drug-likeness (QED) is 0.390. The summed E-state index contributed by atoms with van der Waals surface area (Å²) in [6, 6.07) is 19.1. The molecule has 1 aliphatic carbocycles. The van der Waals surface area contributed by atoms with Crippen molar-refractivity contribution < 1.29 is 23.9 Å². The monoisotopic (exact) mass is 491 g/mol. The van der Waals surface area contributed by atoms with E-state index < -0.39 is 0 Å². The molecule has 0 spiro atoms. The number of halogens is 1. The summed E-state index contributed by atoms with van der Waals surface area (Å²) < 4.78 is 11.6. The van der Waals surface area contributed by atoms with Crippen molar-refractivity contribution in [3.8, 4) is 11.5 Å². The first-order valence-corrected chi connectivity index (χ1v) is 10.5. The molecule has 0 saturated carbocycles. The average Bonchev–Trinajstić information content (AvgIpc) is 3.04. The van der Waals surface area contributed by atoms with Gasteiger partial charge in [0, 0.05) is 21.3 Å². The normalized spacial score (nSPS) is 12.4. The number of hydrogen-bond acceptors (Lipinski definition) is 5. The topological polar surface area (TPSA) is 81.7 Å². The molecule has 32 heavy (non-hydrogen) atoms. The second-order valence-corrected chi connectivity index (χ2v) is 7.84. The van der Waals surface area contributed by atoms with E-state index >= 15 is 0 Å². The Balaban J connectivity index is 1.54. The Morgan fingerprint density at radius 1 is 0.938 bits per heavy atom. The molecule has 0 fully saturated rings. The highest BCUT2D eigenvalue weighted by Gasteiger charge is 2.32. The van der Waals surface area contributed by atoms with Gasteiger partial charge in [0.1, 0.15) is 0 Å². The van der Waals surface area contributed by atoms with Gasteiger partial charge in [-0.2, -0.15) is 0 Å². The van der Waals surface area contributed by atoms with E-state index in [0.29, 0.717) is 38.3 Å². The van der Waals surface area contributed by atoms with Crippen LogP contribution in [0.25, 0.3) is 6.08 Å². The SMILES string of the molecule is COc1cc(C=C2C(=O)c3ccccc3C2=O)c(Br)cc1OCC(=O)Nc1ccccc1. The van der Waals surface area contributed by atoms with Crippen molar-refractivity contribution in [2.45, 2.75) is 0 Å². The predicted molar refractivity (Wildman–Crippen MR) is 124 cm³/mol. The van der Waals surface area contributed by atoms with Crippen LogP contribution in [0.3, 0.4) is 0 Å². The van der Waals surface area contributed by atoms with Gasteiger partial charge in [-0.15, -0.1) is 0 Å². The van der Waals surface area contributed by atoms with Crippen molar-refractivity contribution in [2.24, 2.45) is 0 Å². The number of allylic oxidation sites excluding steroid dienone is 1. The van der Waals surface area contributed by atoms with Crippen LogP contribution < -0.4 is 14.8 Å². The summed E-state index contributed by atoms with van der Waals surface area (Å²) >= 11 is 3.45. The molecular weight excluding hydrogens is 474 g/mol. The standard InChI is InChI=1S/C25H18BrNO5/c1-31-21-12-15(11-19-24(29)17-9-5-6-10-18(17)25(19)30)20(26)13-22(21)32-14-23(28)27-16-7-3-2-4-8-16/h2-13H,14H2,1H3,(H,27,28). The molecule has 1 amide bonds. The van der Waals surface area contributed by atoms with E-state index in [2.05, 4.69) is 21.2 Å². The zero-order chi connectivity index (χ0) is 22.7. The van der Waals surface area contributed by atoms with Crippen molar-refractivity contribution in [1.29, 1.82) is 0 Å². The van der Waals surface area contributed by atoms with E-state index in [4.69, 9.17) is 9.47 Å². The molecule has 7 heteroatoms. The molecular formula is C25H18BrNO5. The lowest BCUT2D eigenvalue weighted by Crippen LogP contribution is -2.20. The van der Waals surface area contributed by atoms with Gasteiger partial charge in [-0.3, -0.25) is 14.4 Å². The van der Waals surface area contributed by atoms with Crippen LogP contribution >= 0.6 is 15.9 Å². The van der Waals surface area contributed by atoms with Gasteiger partial charge in [0.2, 0.25) is 0 Å². The van der Waals surface area contributed by atoms with Crippen molar-refractivity contribution >= 4 is 45.2 Å². The molecule has 0 heterocycles. The molecule has 0 aliphatic heterocycles. The summed E-state index contributed by atoms with van der Waals surface area (Å²) in [5, 5.41) is 2.74. The van der Waals surface area contributed by atoms with Crippen LogP contribution in [-0.4, -0.2) is 31.2 Å². The van der Waals surface area contributed by atoms with E-state index in [1.807, 2.05) is 18.2 Å². The van der Waals surface area contributed by atoms with Gasteiger partial charge in [-0.25, -0.2) is 0 Å². The molecule has 3 aromatic carbocycles. The molecule has 1 aliphatic rings. The number of fused-ring (bicyclic) bond motifs is 1. The number of ketones is 2. The van der Waals surface area contributed by atoms with Gasteiger partial charge in [0.05, 0.1) is 12.7 Å². The van der Waals surface area contributed by atoms with Crippen LogP contribution in [0.5, 0.6) is 11.5 Å². The van der Waals surface area contributed by atoms with E-state index in [9.17, 15) is 14.4 Å². The Morgan fingerprint density at radius 2 is 1.56 bits per heavy atom. The van der Waals surface area contributed by atoms with Gasteiger partial charge >= 0.3 is 0 Å². The Bertz CT molecular complexity index is 1210. The minimum atomic E-state index is -0.319. The summed E-state index contributed by atoms with van der Waals surface area (Å²) in [7, 11) is 1.47. The molecule has 0 atom stereocenters. The fraction of sp³-hybridized carbons (Fsp3) is 0.0800. The number of Topliss-reactive ketones (excluding diaryl/α,β-unsaturated/α-hetero) is 2. The molecule has 3 aromatic rings. The number of benzene rings is 3. The fourth-order valence-electron chi connectivity index (χ4n) is 3.35. The molecule has 6 nitrogen and oxygen atoms in total. The lowest BCUT2D eigenvalue weighted by molar-refractivity contribution is -0.118. The Morgan fingerprint density at radius 3 is 2.19 bits per heavy atom. The van der Waals surface area contributed by atoms with E-state index in [1.54, 1.807) is 48.5 Å². The number of carbonyl (C=O) groups is 3. The smallest absolute Gasteiger partial charge is 0.262 e. The molecule has 0 radical (unpaired) electrons. The fourth-order valence-corrected chi connectivity index (χ4v) is 3.79. The van der Waals surface area contributed by atoms with E-state index in [1.165, 1.54) is 13.2 Å². The van der Waals surface area contributed by atoms with Gasteiger partial charge in [0.25, 0.3) is 5.91 Å². The van der Waals surface area contributed by atoms with Gasteiger partial charge in [-0.1, -0.05) is 58.4 Å². The first kappa shape index (κ1) is 21.5. The third-order valence-corrected chi connectivity index (χ3v) is 5.59. The van der Waals surface area contributed by atoms with E-state index in [-0.39, 0.29) is 29.7 Å². The first-order valence-electron chi connectivity index (χ1n) is 9.73. The Labute approximate surface area is 193 Å². The number of methoxy groups -OCH3 is 1. The van der Waals surface area contributed by atoms with Crippen molar-refractivity contribution in [1.82, 2.24) is 0 Å². The number of rotatable bonds is 6. The van der Waals surface area contributed by atoms with Crippen molar-refractivity contribution in [3.05, 3.63) is 93.5 Å². The highest BCUT2D eigenvalue weighted by molar-refractivity contribution is 9.10. The zero-order valence-corrected chi connectivity index (χ0v) is 18.6.